The highest BCUT2D eigenvalue weighted by Crippen LogP contribution is 2.37. The first kappa shape index (κ1) is 21.2. The van der Waals surface area contributed by atoms with Gasteiger partial charge in [-0.1, -0.05) is 36.4 Å². The molecule has 0 saturated carbocycles. The molecule has 0 N–H and O–H groups in total. The van der Waals surface area contributed by atoms with E-state index in [1.54, 1.807) is 0 Å². The Balaban J connectivity index is 1.71. The molecular weight excluding hydrogens is 474 g/mol. The van der Waals surface area contributed by atoms with Gasteiger partial charge in [-0.15, -0.1) is 6.58 Å². The molecule has 0 unspecified atom stereocenters. The third kappa shape index (κ3) is 4.19. The van der Waals surface area contributed by atoms with Crippen molar-refractivity contribution in [3.63, 3.8) is 0 Å². The normalized spacial score (nSPS) is 17.5. The summed E-state index contributed by atoms with van der Waals surface area (Å²) in [6, 6.07) is 11.1. The maximum Gasteiger partial charge on any atom is 0.225 e. The van der Waals surface area contributed by atoms with Crippen molar-refractivity contribution in [3.8, 4) is 0 Å². The molecule has 0 radical (unpaired) electrons. The first-order chi connectivity index (χ1) is 14.5. The van der Waals surface area contributed by atoms with Crippen LogP contribution in [0.1, 0.15) is 12.0 Å². The van der Waals surface area contributed by atoms with E-state index in [2.05, 4.69) is 54.4 Å². The lowest BCUT2D eigenvalue weighted by molar-refractivity contribution is 0.214. The quantitative estimate of drug-likeness (QED) is 0.263. The summed E-state index contributed by atoms with van der Waals surface area (Å²) < 4.78 is 28.9. The average Bonchev–Trinajstić information content (AvgIpc) is 2.73. The van der Waals surface area contributed by atoms with Gasteiger partial charge >= 0.3 is 0 Å². The lowest BCUT2D eigenvalue weighted by atomic mass is 10.1. The van der Waals surface area contributed by atoms with Crippen molar-refractivity contribution in [2.75, 3.05) is 24.5 Å². The number of hydrogen-bond donors (Lipinski definition) is 0. The van der Waals surface area contributed by atoms with Crippen LogP contribution in [-0.4, -0.2) is 40.5 Å². The summed E-state index contributed by atoms with van der Waals surface area (Å²) in [5.41, 5.74) is 1.24. The molecule has 1 fully saturated rings. The number of hydrogen-bond acceptors (Lipinski definition) is 4. The fourth-order valence-electron chi connectivity index (χ4n) is 3.95. The van der Waals surface area contributed by atoms with Crippen LogP contribution in [0.3, 0.4) is 0 Å². The largest absolute Gasteiger partial charge is 0.350 e. The summed E-state index contributed by atoms with van der Waals surface area (Å²) >= 11 is 9.36. The second-order valence-corrected chi connectivity index (χ2v) is 8.42. The predicted octanol–water partition coefficient (Wildman–Crippen LogP) is 5.59. The first-order valence-corrected chi connectivity index (χ1v) is 10.8. The van der Waals surface area contributed by atoms with Gasteiger partial charge in [-0.3, -0.25) is 4.90 Å². The molecule has 156 valence electrons. The van der Waals surface area contributed by atoms with Gasteiger partial charge in [0.1, 0.15) is 17.2 Å². The minimum absolute atomic E-state index is 0.00217. The molecule has 0 spiro atoms. The van der Waals surface area contributed by atoms with Gasteiger partial charge in [0, 0.05) is 38.3 Å². The fourth-order valence-corrected chi connectivity index (χ4v) is 4.59. The molecule has 1 atom stereocenters. The zero-order chi connectivity index (χ0) is 21.3. The van der Waals surface area contributed by atoms with Crippen molar-refractivity contribution in [3.05, 3.63) is 76.0 Å². The summed E-state index contributed by atoms with van der Waals surface area (Å²) in [7, 11) is 0. The minimum Gasteiger partial charge on any atom is -0.350 e. The molecule has 0 aliphatic carbocycles. The van der Waals surface area contributed by atoms with Gasteiger partial charge in [0.2, 0.25) is 5.28 Å². The number of fused-ring (bicyclic) bond motifs is 1. The zero-order valence-corrected chi connectivity index (χ0v) is 18.5. The molecule has 0 amide bonds. The molecule has 4 nitrogen and oxygen atoms in total. The Hall–Kier alpha value is -2.09. The fraction of sp³-hybridized carbons (Fsp3) is 0.273. The smallest absolute Gasteiger partial charge is 0.225 e. The Morgan fingerprint density at radius 2 is 1.93 bits per heavy atom. The summed E-state index contributed by atoms with van der Waals surface area (Å²) in [6.07, 6.45) is 2.55. The van der Waals surface area contributed by atoms with Crippen LogP contribution in [0.4, 0.5) is 14.6 Å². The van der Waals surface area contributed by atoms with Crippen molar-refractivity contribution >= 4 is 44.3 Å². The summed E-state index contributed by atoms with van der Waals surface area (Å²) in [4.78, 5) is 12.8. The van der Waals surface area contributed by atoms with Gasteiger partial charge in [0.15, 0.2) is 5.82 Å². The lowest BCUT2D eigenvalue weighted by Gasteiger charge is -2.42. The Labute approximate surface area is 187 Å². The van der Waals surface area contributed by atoms with E-state index in [0.29, 0.717) is 24.2 Å². The highest BCUT2D eigenvalue weighted by atomic mass is 79.9. The van der Waals surface area contributed by atoms with E-state index < -0.39 is 11.6 Å². The van der Waals surface area contributed by atoms with Crippen LogP contribution < -0.4 is 4.90 Å². The van der Waals surface area contributed by atoms with Crippen LogP contribution in [0, 0.1) is 11.6 Å². The number of anilines is 1. The Morgan fingerprint density at radius 3 is 2.67 bits per heavy atom. The Morgan fingerprint density at radius 1 is 1.17 bits per heavy atom. The second kappa shape index (κ2) is 8.96. The van der Waals surface area contributed by atoms with Crippen LogP contribution in [0.2, 0.25) is 5.28 Å². The van der Waals surface area contributed by atoms with Crippen LogP contribution in [-0.2, 0) is 6.54 Å². The first-order valence-electron chi connectivity index (χ1n) is 9.62. The average molecular weight is 494 g/mol. The highest BCUT2D eigenvalue weighted by Gasteiger charge is 2.30. The van der Waals surface area contributed by atoms with Crippen molar-refractivity contribution in [2.24, 2.45) is 0 Å². The summed E-state index contributed by atoms with van der Waals surface area (Å²) in [5, 5.41) is 0.224. The molecule has 2 heterocycles. The van der Waals surface area contributed by atoms with E-state index in [4.69, 9.17) is 11.6 Å². The number of benzene rings is 2. The SMILES string of the molecule is C=CC[C@@H]1CN(Cc2ccccc2)CCN1c1nc(Cl)nc2c(F)cc(F)c(Br)c12. The van der Waals surface area contributed by atoms with E-state index in [0.717, 1.165) is 25.7 Å². The zero-order valence-electron chi connectivity index (χ0n) is 16.2. The van der Waals surface area contributed by atoms with Crippen LogP contribution in [0.15, 0.2) is 53.5 Å². The van der Waals surface area contributed by atoms with E-state index in [1.807, 2.05) is 24.3 Å². The van der Waals surface area contributed by atoms with Crippen molar-refractivity contribution in [2.45, 2.75) is 19.0 Å². The van der Waals surface area contributed by atoms with Crippen LogP contribution in [0.5, 0.6) is 0 Å². The van der Waals surface area contributed by atoms with E-state index >= 15 is 0 Å². The van der Waals surface area contributed by atoms with E-state index in [-0.39, 0.29) is 21.3 Å². The van der Waals surface area contributed by atoms with Gasteiger partial charge in [-0.25, -0.2) is 13.8 Å². The third-order valence-electron chi connectivity index (χ3n) is 5.30. The van der Waals surface area contributed by atoms with Crippen LogP contribution in [0.25, 0.3) is 10.9 Å². The maximum atomic E-state index is 14.5. The van der Waals surface area contributed by atoms with Gasteiger partial charge in [-0.05, 0) is 39.5 Å². The van der Waals surface area contributed by atoms with Gasteiger partial charge in [-0.2, -0.15) is 4.98 Å². The predicted molar refractivity (Wildman–Crippen MR) is 120 cm³/mol. The standard InChI is InChI=1S/C22H20BrClF2N4/c1-2-6-15-13-29(12-14-7-4-3-5-8-14)9-10-30(15)21-18-19(23)16(25)11-17(26)20(18)27-22(24)28-21/h2-5,7-8,11,15H,1,6,9-10,12-13H2/t15-/m1/s1. The Kier molecular flexibility index (Phi) is 6.32. The number of halogens is 4. The molecule has 1 aromatic heterocycles. The molecule has 0 bridgehead atoms. The molecule has 4 rings (SSSR count). The second-order valence-electron chi connectivity index (χ2n) is 7.29. The molecule has 8 heteroatoms. The Bertz CT molecular complexity index is 1080. The molecule has 1 saturated heterocycles. The van der Waals surface area contributed by atoms with Crippen molar-refractivity contribution in [1.29, 1.82) is 0 Å². The lowest BCUT2D eigenvalue weighted by Crippen LogP contribution is -2.53. The van der Waals surface area contributed by atoms with Gasteiger partial charge in [0.25, 0.3) is 0 Å². The minimum atomic E-state index is -0.765. The monoisotopic (exact) mass is 492 g/mol. The molecule has 1 aliphatic heterocycles. The van der Waals surface area contributed by atoms with Crippen molar-refractivity contribution in [1.82, 2.24) is 14.9 Å². The number of rotatable bonds is 5. The van der Waals surface area contributed by atoms with Gasteiger partial charge < -0.3 is 4.90 Å². The number of piperazine rings is 1. The van der Waals surface area contributed by atoms with Gasteiger partial charge in [0.05, 0.1) is 9.86 Å². The topological polar surface area (TPSA) is 32.3 Å². The van der Waals surface area contributed by atoms with Crippen molar-refractivity contribution < 1.29 is 8.78 Å². The number of nitrogens with zero attached hydrogens (tertiary/aromatic N) is 4. The maximum absolute atomic E-state index is 14.5. The summed E-state index contributed by atoms with van der Waals surface area (Å²) in [6.45, 7) is 6.90. The highest BCUT2D eigenvalue weighted by molar-refractivity contribution is 9.10. The molecule has 30 heavy (non-hydrogen) atoms. The molecule has 3 aromatic rings. The number of aromatic nitrogens is 2. The molecular formula is C22H20BrClF2N4. The van der Waals surface area contributed by atoms with Crippen LogP contribution >= 0.6 is 27.5 Å². The molecule has 1 aliphatic rings. The molecule has 2 aromatic carbocycles. The van der Waals surface area contributed by atoms with E-state index in [9.17, 15) is 8.78 Å². The summed E-state index contributed by atoms with van der Waals surface area (Å²) in [5.74, 6) is -1.03. The third-order valence-corrected chi connectivity index (χ3v) is 6.24. The van der Waals surface area contributed by atoms with E-state index in [1.165, 1.54) is 5.56 Å².